The van der Waals surface area contributed by atoms with Gasteiger partial charge in [-0.1, -0.05) is 12.1 Å². The second kappa shape index (κ2) is 7.58. The predicted molar refractivity (Wildman–Crippen MR) is 91.7 cm³/mol. The van der Waals surface area contributed by atoms with Gasteiger partial charge in [-0.2, -0.15) is 0 Å². The number of rotatable bonds is 5. The van der Waals surface area contributed by atoms with Crippen LogP contribution < -0.4 is 5.32 Å². The van der Waals surface area contributed by atoms with E-state index in [1.54, 1.807) is 26.1 Å². The summed E-state index contributed by atoms with van der Waals surface area (Å²) in [5.74, 6) is -0.735. The summed E-state index contributed by atoms with van der Waals surface area (Å²) in [6.45, 7) is 3.02. The van der Waals surface area contributed by atoms with Crippen molar-refractivity contribution in [2.24, 2.45) is 0 Å². The molecule has 1 aromatic carbocycles. The van der Waals surface area contributed by atoms with Gasteiger partial charge in [-0.05, 0) is 31.9 Å². The number of sulfonamides is 1. The summed E-state index contributed by atoms with van der Waals surface area (Å²) in [4.78, 5) is 14.3. The highest BCUT2D eigenvalue weighted by molar-refractivity contribution is 7.88. The van der Waals surface area contributed by atoms with Crippen molar-refractivity contribution in [1.29, 1.82) is 0 Å². The van der Waals surface area contributed by atoms with E-state index >= 15 is 0 Å². The summed E-state index contributed by atoms with van der Waals surface area (Å²) in [6.07, 6.45) is 2.53. The molecule has 0 saturated carbocycles. The van der Waals surface area contributed by atoms with Crippen molar-refractivity contribution in [2.45, 2.75) is 31.8 Å². The first-order valence-electron chi connectivity index (χ1n) is 7.92. The first-order chi connectivity index (χ1) is 11.2. The minimum Gasteiger partial charge on any atom is -0.322 e. The topological polar surface area (TPSA) is 69.7 Å². The molecular weight excluding hydrogens is 333 g/mol. The predicted octanol–water partition coefficient (Wildman–Crippen LogP) is 1.51. The highest BCUT2D eigenvalue weighted by Crippen LogP contribution is 2.20. The molecule has 1 atom stereocenters. The molecule has 1 fully saturated rings. The molecule has 1 aliphatic heterocycles. The molecule has 134 valence electrons. The first-order valence-corrected chi connectivity index (χ1v) is 9.77. The maximum absolute atomic E-state index is 13.6. The Morgan fingerprint density at radius 2 is 1.92 bits per heavy atom. The van der Waals surface area contributed by atoms with Crippen molar-refractivity contribution < 1.29 is 17.6 Å². The average Bonchev–Trinajstić information content (AvgIpc) is 2.55. The van der Waals surface area contributed by atoms with Gasteiger partial charge in [0.1, 0.15) is 5.82 Å². The van der Waals surface area contributed by atoms with Gasteiger partial charge in [0.2, 0.25) is 15.9 Å². The summed E-state index contributed by atoms with van der Waals surface area (Å²) in [5.41, 5.74) is 0.168. The molecule has 1 amide bonds. The molecule has 1 heterocycles. The molecule has 1 saturated heterocycles. The van der Waals surface area contributed by atoms with Crippen molar-refractivity contribution in [2.75, 3.05) is 31.7 Å². The van der Waals surface area contributed by atoms with Crippen LogP contribution >= 0.6 is 0 Å². The van der Waals surface area contributed by atoms with Crippen molar-refractivity contribution >= 4 is 21.6 Å². The number of halogens is 1. The summed E-state index contributed by atoms with van der Waals surface area (Å²) < 4.78 is 38.2. The highest BCUT2D eigenvalue weighted by Gasteiger charge is 2.31. The molecule has 1 N–H and O–H groups in total. The number of anilines is 1. The number of hydrogen-bond donors (Lipinski definition) is 1. The van der Waals surface area contributed by atoms with Gasteiger partial charge in [0.15, 0.2) is 0 Å². The van der Waals surface area contributed by atoms with E-state index in [-0.39, 0.29) is 17.6 Å². The fraction of sp³-hybridized carbons (Fsp3) is 0.562. The van der Waals surface area contributed by atoms with E-state index in [1.165, 1.54) is 22.7 Å². The van der Waals surface area contributed by atoms with Crippen molar-refractivity contribution in [1.82, 2.24) is 9.21 Å². The zero-order valence-electron chi connectivity index (χ0n) is 14.2. The van der Waals surface area contributed by atoms with Gasteiger partial charge in [0.25, 0.3) is 0 Å². The molecule has 1 aromatic rings. The van der Waals surface area contributed by atoms with Gasteiger partial charge in [-0.25, -0.2) is 17.1 Å². The van der Waals surface area contributed by atoms with Crippen LogP contribution in [0.3, 0.4) is 0 Å². The van der Waals surface area contributed by atoms with E-state index < -0.39 is 21.9 Å². The van der Waals surface area contributed by atoms with Crippen LogP contribution in [0.2, 0.25) is 0 Å². The standard InChI is InChI=1S/C16H24FN3O3S/c1-12(16(21)18-15-7-5-4-6-14(15)17)20-10-8-13(9-11-20)19(2)24(3,22)23/h4-7,12-13H,8-11H2,1-3H3,(H,18,21). The molecule has 8 heteroatoms. The quantitative estimate of drug-likeness (QED) is 0.867. The number of nitrogens with one attached hydrogen (secondary N) is 1. The second-order valence-corrected chi connectivity index (χ2v) is 8.23. The zero-order chi connectivity index (χ0) is 17.9. The number of likely N-dealkylation sites (tertiary alicyclic amines) is 1. The van der Waals surface area contributed by atoms with E-state index in [0.717, 1.165) is 0 Å². The molecule has 0 radical (unpaired) electrons. The number of carbonyl (C=O) groups excluding carboxylic acids is 1. The number of piperidine rings is 1. The lowest BCUT2D eigenvalue weighted by Gasteiger charge is -2.38. The fourth-order valence-corrected chi connectivity index (χ4v) is 3.63. The Morgan fingerprint density at radius 3 is 2.46 bits per heavy atom. The fourth-order valence-electron chi connectivity index (χ4n) is 2.87. The lowest BCUT2D eigenvalue weighted by atomic mass is 10.0. The Bertz CT molecular complexity index is 688. The lowest BCUT2D eigenvalue weighted by molar-refractivity contribution is -0.121. The third-order valence-corrected chi connectivity index (χ3v) is 5.94. The Hall–Kier alpha value is -1.51. The Kier molecular flexibility index (Phi) is 5.95. The van der Waals surface area contributed by atoms with Crippen molar-refractivity contribution in [3.05, 3.63) is 30.1 Å². The molecule has 0 bridgehead atoms. The zero-order valence-corrected chi connectivity index (χ0v) is 15.0. The van der Waals surface area contributed by atoms with Gasteiger partial charge >= 0.3 is 0 Å². The monoisotopic (exact) mass is 357 g/mol. The molecule has 1 unspecified atom stereocenters. The number of carbonyl (C=O) groups is 1. The Labute approximate surface area is 142 Å². The maximum Gasteiger partial charge on any atom is 0.241 e. The molecule has 2 rings (SSSR count). The van der Waals surface area contributed by atoms with Crippen LogP contribution in [0.4, 0.5) is 10.1 Å². The number of hydrogen-bond acceptors (Lipinski definition) is 4. The van der Waals surface area contributed by atoms with Crippen LogP contribution in [0.15, 0.2) is 24.3 Å². The largest absolute Gasteiger partial charge is 0.322 e. The smallest absolute Gasteiger partial charge is 0.241 e. The van der Waals surface area contributed by atoms with Crippen LogP contribution in [0.1, 0.15) is 19.8 Å². The van der Waals surface area contributed by atoms with Crippen LogP contribution in [0.25, 0.3) is 0 Å². The van der Waals surface area contributed by atoms with Gasteiger partial charge < -0.3 is 5.32 Å². The Balaban J connectivity index is 1.92. The van der Waals surface area contributed by atoms with Crippen molar-refractivity contribution in [3.8, 4) is 0 Å². The highest BCUT2D eigenvalue weighted by atomic mass is 32.2. The molecule has 6 nitrogen and oxygen atoms in total. The third kappa shape index (κ3) is 4.52. The van der Waals surface area contributed by atoms with Gasteiger partial charge in [0.05, 0.1) is 18.0 Å². The molecule has 24 heavy (non-hydrogen) atoms. The third-order valence-electron chi connectivity index (χ3n) is 4.60. The normalized spacial score (nSPS) is 18.5. The number of nitrogens with zero attached hydrogens (tertiary/aromatic N) is 2. The summed E-state index contributed by atoms with van der Waals surface area (Å²) >= 11 is 0. The van der Waals surface area contributed by atoms with E-state index in [2.05, 4.69) is 5.32 Å². The average molecular weight is 357 g/mol. The molecule has 0 spiro atoms. The summed E-state index contributed by atoms with van der Waals surface area (Å²) in [7, 11) is -1.62. The van der Waals surface area contributed by atoms with Gasteiger partial charge in [-0.3, -0.25) is 9.69 Å². The van der Waals surface area contributed by atoms with Gasteiger partial charge in [0, 0.05) is 26.2 Å². The summed E-state index contributed by atoms with van der Waals surface area (Å²) in [6, 6.07) is 5.60. The van der Waals surface area contributed by atoms with E-state index in [4.69, 9.17) is 0 Å². The van der Waals surface area contributed by atoms with Gasteiger partial charge in [-0.15, -0.1) is 0 Å². The van der Waals surface area contributed by atoms with E-state index in [9.17, 15) is 17.6 Å². The number of amides is 1. The minimum absolute atomic E-state index is 0.0434. The van der Waals surface area contributed by atoms with Crippen LogP contribution in [-0.2, 0) is 14.8 Å². The maximum atomic E-state index is 13.6. The van der Waals surface area contributed by atoms with E-state index in [1.807, 2.05) is 4.90 Å². The molecule has 0 aromatic heterocycles. The molecular formula is C16H24FN3O3S. The Morgan fingerprint density at radius 1 is 1.33 bits per heavy atom. The van der Waals surface area contributed by atoms with Crippen LogP contribution in [-0.4, -0.2) is 62.0 Å². The number of para-hydroxylation sites is 1. The first kappa shape index (κ1) is 18.8. The lowest BCUT2D eigenvalue weighted by Crippen LogP contribution is -2.50. The SMILES string of the molecule is CC(C(=O)Nc1ccccc1F)N1CCC(N(C)S(C)(=O)=O)CC1. The van der Waals surface area contributed by atoms with Crippen LogP contribution in [0, 0.1) is 5.82 Å². The molecule has 0 aliphatic carbocycles. The molecule has 1 aliphatic rings. The van der Waals surface area contributed by atoms with E-state index in [0.29, 0.717) is 25.9 Å². The second-order valence-electron chi connectivity index (χ2n) is 6.19. The summed E-state index contributed by atoms with van der Waals surface area (Å²) in [5, 5.41) is 2.60. The van der Waals surface area contributed by atoms with Crippen LogP contribution in [0.5, 0.6) is 0 Å². The minimum atomic E-state index is -3.21. The number of benzene rings is 1. The van der Waals surface area contributed by atoms with Crippen molar-refractivity contribution in [3.63, 3.8) is 0 Å².